The van der Waals surface area contributed by atoms with Crippen molar-refractivity contribution >= 4 is 23.5 Å². The first kappa shape index (κ1) is 19.4. The zero-order chi connectivity index (χ0) is 18.4. The van der Waals surface area contributed by atoms with Crippen LogP contribution in [0.4, 0.5) is 4.39 Å². The zero-order valence-electron chi connectivity index (χ0n) is 13.8. The molecule has 1 atom stereocenters. The van der Waals surface area contributed by atoms with Crippen molar-refractivity contribution in [3.63, 3.8) is 0 Å². The summed E-state index contributed by atoms with van der Waals surface area (Å²) in [7, 11) is 1.68. The van der Waals surface area contributed by atoms with E-state index in [-0.39, 0.29) is 30.2 Å². The number of likely N-dealkylation sites (N-methyl/N-ethyl adjacent to an activating group) is 1. The van der Waals surface area contributed by atoms with Gasteiger partial charge in [0, 0.05) is 25.7 Å². The Kier molecular flexibility index (Phi) is 6.98. The highest BCUT2D eigenvalue weighted by atomic mass is 35.5. The predicted molar refractivity (Wildman–Crippen MR) is 88.4 cm³/mol. The number of carbonyl (C=O) groups is 2. The van der Waals surface area contributed by atoms with Crippen LogP contribution in [0.5, 0.6) is 5.75 Å². The summed E-state index contributed by atoms with van der Waals surface area (Å²) >= 11 is 5.67. The molecule has 0 unspecified atom stereocenters. The summed E-state index contributed by atoms with van der Waals surface area (Å²) < 4.78 is 24.0. The molecule has 1 aliphatic rings. The first-order valence-electron chi connectivity index (χ1n) is 7.72. The topological polar surface area (TPSA) is 79.3 Å². The molecule has 1 fully saturated rings. The van der Waals surface area contributed by atoms with Crippen LogP contribution in [-0.2, 0) is 14.3 Å². The molecular formula is C16H20ClFN2O5. The van der Waals surface area contributed by atoms with Gasteiger partial charge in [0.1, 0.15) is 11.6 Å². The van der Waals surface area contributed by atoms with Crippen molar-refractivity contribution in [2.24, 2.45) is 0 Å². The van der Waals surface area contributed by atoms with Crippen molar-refractivity contribution in [2.45, 2.75) is 6.10 Å². The van der Waals surface area contributed by atoms with E-state index in [0.29, 0.717) is 32.0 Å². The summed E-state index contributed by atoms with van der Waals surface area (Å²) in [5.41, 5.74) is 0. The number of hydrogen-bond acceptors (Lipinski definition) is 5. The minimum absolute atomic E-state index is 0.0714. The fourth-order valence-electron chi connectivity index (χ4n) is 2.50. The Hall–Kier alpha value is -1.90. The van der Waals surface area contributed by atoms with E-state index in [0.717, 1.165) is 0 Å². The second-order valence-corrected chi connectivity index (χ2v) is 6.19. The highest BCUT2D eigenvalue weighted by molar-refractivity contribution is 6.30. The molecule has 0 bridgehead atoms. The van der Waals surface area contributed by atoms with Crippen molar-refractivity contribution < 1.29 is 28.6 Å². The van der Waals surface area contributed by atoms with Gasteiger partial charge >= 0.3 is 5.97 Å². The van der Waals surface area contributed by atoms with E-state index < -0.39 is 11.8 Å². The molecular weight excluding hydrogens is 355 g/mol. The van der Waals surface area contributed by atoms with Gasteiger partial charge in [-0.15, -0.1) is 0 Å². The Labute approximate surface area is 149 Å². The Bertz CT molecular complexity index is 631. The summed E-state index contributed by atoms with van der Waals surface area (Å²) in [6.07, 6.45) is -0.262. The molecule has 2 rings (SSSR count). The lowest BCUT2D eigenvalue weighted by Crippen LogP contribution is -2.50. The van der Waals surface area contributed by atoms with Crippen molar-refractivity contribution in [1.29, 1.82) is 0 Å². The standard InChI is InChI=1S/C16H20ClFN2O5/c1-19(9-16(22)23)7-12-8-20(4-5-24-12)15(21)10-25-11-2-3-14(18)13(17)6-11/h2-3,6,12H,4-5,7-10H2,1H3,(H,22,23)/t12-/m1/s1. The molecule has 0 radical (unpaired) electrons. The maximum Gasteiger partial charge on any atom is 0.317 e. The van der Waals surface area contributed by atoms with E-state index in [2.05, 4.69) is 0 Å². The van der Waals surface area contributed by atoms with Gasteiger partial charge in [-0.3, -0.25) is 14.5 Å². The molecule has 1 aromatic carbocycles. The number of carboxylic acid groups (broad SMARTS) is 1. The summed E-state index contributed by atoms with van der Waals surface area (Å²) in [6, 6.07) is 3.88. The van der Waals surface area contributed by atoms with E-state index in [1.165, 1.54) is 18.2 Å². The number of rotatable bonds is 7. The van der Waals surface area contributed by atoms with Crippen LogP contribution in [0, 0.1) is 5.82 Å². The molecule has 25 heavy (non-hydrogen) atoms. The van der Waals surface area contributed by atoms with E-state index in [1.54, 1.807) is 16.8 Å². The molecule has 138 valence electrons. The summed E-state index contributed by atoms with van der Waals surface area (Å²) in [6.45, 7) is 1.29. The van der Waals surface area contributed by atoms with Crippen LogP contribution in [0.15, 0.2) is 18.2 Å². The molecule has 0 saturated carbocycles. The van der Waals surface area contributed by atoms with Crippen LogP contribution >= 0.6 is 11.6 Å². The largest absolute Gasteiger partial charge is 0.484 e. The quantitative estimate of drug-likeness (QED) is 0.770. The lowest BCUT2D eigenvalue weighted by atomic mass is 10.2. The lowest BCUT2D eigenvalue weighted by Gasteiger charge is -2.34. The average molecular weight is 375 g/mol. The highest BCUT2D eigenvalue weighted by Crippen LogP contribution is 2.21. The fraction of sp³-hybridized carbons (Fsp3) is 0.500. The van der Waals surface area contributed by atoms with Gasteiger partial charge in [-0.05, 0) is 19.2 Å². The third kappa shape index (κ3) is 6.15. The molecule has 1 saturated heterocycles. The molecule has 1 aromatic rings. The van der Waals surface area contributed by atoms with Crippen LogP contribution in [0.3, 0.4) is 0 Å². The Morgan fingerprint density at radius 3 is 2.96 bits per heavy atom. The number of ether oxygens (including phenoxy) is 2. The van der Waals surface area contributed by atoms with Crippen LogP contribution in [0.2, 0.25) is 5.02 Å². The van der Waals surface area contributed by atoms with Crippen LogP contribution < -0.4 is 4.74 Å². The monoisotopic (exact) mass is 374 g/mol. The molecule has 0 spiro atoms. The van der Waals surface area contributed by atoms with Crippen LogP contribution in [0.25, 0.3) is 0 Å². The van der Waals surface area contributed by atoms with Crippen molar-refractivity contribution in [2.75, 3.05) is 46.4 Å². The Morgan fingerprint density at radius 2 is 2.28 bits per heavy atom. The minimum atomic E-state index is -0.919. The molecule has 1 N–H and O–H groups in total. The number of aliphatic carboxylic acids is 1. The summed E-state index contributed by atoms with van der Waals surface area (Å²) in [5, 5.41) is 8.70. The smallest absolute Gasteiger partial charge is 0.317 e. The van der Waals surface area contributed by atoms with Gasteiger partial charge in [0.25, 0.3) is 5.91 Å². The van der Waals surface area contributed by atoms with Gasteiger partial charge in [0.05, 0.1) is 24.3 Å². The first-order valence-corrected chi connectivity index (χ1v) is 8.10. The van der Waals surface area contributed by atoms with Gasteiger partial charge in [-0.2, -0.15) is 0 Å². The number of amides is 1. The molecule has 9 heteroatoms. The van der Waals surface area contributed by atoms with Crippen LogP contribution in [0.1, 0.15) is 0 Å². The van der Waals surface area contributed by atoms with Crippen molar-refractivity contribution in [1.82, 2.24) is 9.80 Å². The normalized spacial score (nSPS) is 17.6. The number of halogens is 2. The number of nitrogens with zero attached hydrogens (tertiary/aromatic N) is 2. The van der Waals surface area contributed by atoms with Gasteiger partial charge in [-0.1, -0.05) is 11.6 Å². The van der Waals surface area contributed by atoms with Gasteiger partial charge < -0.3 is 19.5 Å². The molecule has 7 nitrogen and oxygen atoms in total. The van der Waals surface area contributed by atoms with E-state index in [4.69, 9.17) is 26.2 Å². The summed E-state index contributed by atoms with van der Waals surface area (Å²) in [4.78, 5) is 26.2. The molecule has 1 amide bonds. The molecule has 0 aliphatic carbocycles. The van der Waals surface area contributed by atoms with Gasteiger partial charge in [-0.25, -0.2) is 4.39 Å². The Morgan fingerprint density at radius 1 is 1.52 bits per heavy atom. The third-order valence-corrected chi connectivity index (χ3v) is 3.95. The third-order valence-electron chi connectivity index (χ3n) is 3.67. The second-order valence-electron chi connectivity index (χ2n) is 5.79. The van der Waals surface area contributed by atoms with Crippen molar-refractivity contribution in [3.05, 3.63) is 29.0 Å². The van der Waals surface area contributed by atoms with Gasteiger partial charge in [0.2, 0.25) is 0 Å². The van der Waals surface area contributed by atoms with Crippen molar-refractivity contribution in [3.8, 4) is 5.75 Å². The number of carbonyl (C=O) groups excluding carboxylic acids is 1. The predicted octanol–water partition coefficient (Wildman–Crippen LogP) is 1.10. The minimum Gasteiger partial charge on any atom is -0.484 e. The maximum absolute atomic E-state index is 13.1. The van der Waals surface area contributed by atoms with Crippen LogP contribution in [-0.4, -0.2) is 79.3 Å². The number of hydrogen-bond donors (Lipinski definition) is 1. The number of carboxylic acids is 1. The lowest BCUT2D eigenvalue weighted by molar-refractivity contribution is -0.143. The number of benzene rings is 1. The maximum atomic E-state index is 13.1. The van der Waals surface area contributed by atoms with E-state index in [1.807, 2.05) is 0 Å². The first-order chi connectivity index (χ1) is 11.8. The highest BCUT2D eigenvalue weighted by Gasteiger charge is 2.25. The SMILES string of the molecule is CN(CC(=O)O)C[C@@H]1CN(C(=O)COc2ccc(F)c(Cl)c2)CCO1. The zero-order valence-corrected chi connectivity index (χ0v) is 14.5. The summed E-state index contributed by atoms with van der Waals surface area (Å²) in [5.74, 6) is -1.39. The second kappa shape index (κ2) is 8.98. The molecule has 1 aliphatic heterocycles. The van der Waals surface area contributed by atoms with Gasteiger partial charge in [0.15, 0.2) is 6.61 Å². The fourth-order valence-corrected chi connectivity index (χ4v) is 2.67. The number of morpholine rings is 1. The molecule has 1 heterocycles. The molecule has 0 aromatic heterocycles. The van der Waals surface area contributed by atoms with E-state index in [9.17, 15) is 14.0 Å². The van der Waals surface area contributed by atoms with E-state index >= 15 is 0 Å². The Balaban J connectivity index is 1.82. The average Bonchev–Trinajstić information content (AvgIpc) is 2.55.